The lowest BCUT2D eigenvalue weighted by molar-refractivity contribution is -0.121. The van der Waals surface area contributed by atoms with E-state index < -0.39 is 0 Å². The highest BCUT2D eigenvalue weighted by Crippen LogP contribution is 2.26. The highest BCUT2D eigenvalue weighted by molar-refractivity contribution is 7.99. The van der Waals surface area contributed by atoms with Crippen molar-refractivity contribution in [2.75, 3.05) is 32.5 Å². The van der Waals surface area contributed by atoms with Gasteiger partial charge in [0, 0.05) is 22.9 Å². The predicted molar refractivity (Wildman–Crippen MR) is 126 cm³/mol. The third-order valence-electron chi connectivity index (χ3n) is 5.46. The molecule has 1 aliphatic rings. The van der Waals surface area contributed by atoms with Gasteiger partial charge < -0.3 is 10.1 Å². The number of carbonyl (C=O) groups is 1. The van der Waals surface area contributed by atoms with Crippen molar-refractivity contribution in [3.8, 4) is 5.75 Å². The summed E-state index contributed by atoms with van der Waals surface area (Å²) < 4.78 is 5.29. The van der Waals surface area contributed by atoms with Crippen molar-refractivity contribution in [2.45, 2.75) is 43.0 Å². The first kappa shape index (κ1) is 23.0. The van der Waals surface area contributed by atoms with Crippen LogP contribution in [0.15, 0.2) is 53.4 Å². The number of halogens is 1. The van der Waals surface area contributed by atoms with Crippen LogP contribution in [0.1, 0.15) is 43.7 Å². The Morgan fingerprint density at radius 2 is 1.80 bits per heavy atom. The summed E-state index contributed by atoms with van der Waals surface area (Å²) in [4.78, 5) is 16.1. The third kappa shape index (κ3) is 7.22. The number of hydrogen-bond acceptors (Lipinski definition) is 4. The number of nitrogens with zero attached hydrogens (tertiary/aromatic N) is 1. The minimum atomic E-state index is 0.127. The van der Waals surface area contributed by atoms with Gasteiger partial charge in [-0.2, -0.15) is 0 Å². The zero-order valence-corrected chi connectivity index (χ0v) is 19.2. The molecule has 1 heterocycles. The van der Waals surface area contributed by atoms with E-state index in [9.17, 15) is 4.79 Å². The summed E-state index contributed by atoms with van der Waals surface area (Å²) in [6.07, 6.45) is 5.15. The fraction of sp³-hybridized carbons (Fsp3) is 0.458. The second-order valence-electron chi connectivity index (χ2n) is 7.60. The van der Waals surface area contributed by atoms with Crippen LogP contribution in [0.5, 0.6) is 5.75 Å². The van der Waals surface area contributed by atoms with Gasteiger partial charge in [-0.05, 0) is 80.1 Å². The summed E-state index contributed by atoms with van der Waals surface area (Å²) in [5.41, 5.74) is 1.23. The molecule has 4 nitrogen and oxygen atoms in total. The molecule has 1 amide bonds. The number of ether oxygens (including phenoxy) is 1. The fourth-order valence-electron chi connectivity index (χ4n) is 3.77. The average Bonchev–Trinajstić information content (AvgIpc) is 2.79. The molecule has 0 bridgehead atoms. The molecule has 2 aromatic rings. The zero-order valence-electron chi connectivity index (χ0n) is 17.6. The van der Waals surface area contributed by atoms with Gasteiger partial charge in [0.25, 0.3) is 0 Å². The molecule has 0 spiro atoms. The number of likely N-dealkylation sites (tertiary alicyclic amines) is 1. The first-order valence-corrected chi connectivity index (χ1v) is 12.0. The molecule has 0 aromatic heterocycles. The number of thioether (sulfide) groups is 1. The van der Waals surface area contributed by atoms with E-state index in [1.165, 1.54) is 29.7 Å². The maximum atomic E-state index is 12.4. The van der Waals surface area contributed by atoms with Crippen LogP contribution in [0.4, 0.5) is 0 Å². The Morgan fingerprint density at radius 1 is 1.10 bits per heavy atom. The van der Waals surface area contributed by atoms with Gasteiger partial charge >= 0.3 is 0 Å². The summed E-state index contributed by atoms with van der Waals surface area (Å²) >= 11 is 7.68. The Hall–Kier alpha value is -1.69. The van der Waals surface area contributed by atoms with Crippen molar-refractivity contribution in [3.63, 3.8) is 0 Å². The van der Waals surface area contributed by atoms with E-state index in [0.717, 1.165) is 36.0 Å². The molecule has 0 radical (unpaired) electrons. The van der Waals surface area contributed by atoms with Gasteiger partial charge in [-0.3, -0.25) is 9.69 Å². The van der Waals surface area contributed by atoms with Gasteiger partial charge in [0.05, 0.1) is 13.2 Å². The van der Waals surface area contributed by atoms with Crippen LogP contribution < -0.4 is 10.1 Å². The number of rotatable bonds is 10. The number of nitrogens with one attached hydrogen (secondary N) is 1. The molecule has 3 rings (SSSR count). The molecule has 1 aliphatic heterocycles. The molecule has 6 heteroatoms. The summed E-state index contributed by atoms with van der Waals surface area (Å²) in [5.74, 6) is 1.91. The lowest BCUT2D eigenvalue weighted by atomic mass is 10.0. The molecular formula is C24H31ClN2O2S. The molecule has 0 unspecified atom stereocenters. The van der Waals surface area contributed by atoms with E-state index in [-0.39, 0.29) is 11.9 Å². The Morgan fingerprint density at radius 3 is 2.47 bits per heavy atom. The topological polar surface area (TPSA) is 41.6 Å². The number of carbonyl (C=O) groups excluding carboxylic acids is 1. The summed E-state index contributed by atoms with van der Waals surface area (Å²) in [7, 11) is 1.68. The number of benzene rings is 2. The number of hydrogen-bond donors (Lipinski definition) is 1. The van der Waals surface area contributed by atoms with Crippen LogP contribution in [0, 0.1) is 0 Å². The van der Waals surface area contributed by atoms with Crippen molar-refractivity contribution in [3.05, 3.63) is 59.1 Å². The van der Waals surface area contributed by atoms with Crippen LogP contribution in [0.25, 0.3) is 0 Å². The summed E-state index contributed by atoms with van der Waals surface area (Å²) in [6, 6.07) is 16.3. The fourth-order valence-corrected chi connectivity index (χ4v) is 4.75. The summed E-state index contributed by atoms with van der Waals surface area (Å²) in [6.45, 7) is 2.82. The molecule has 1 atom stereocenters. The molecule has 30 heavy (non-hydrogen) atoms. The lowest BCUT2D eigenvalue weighted by Crippen LogP contribution is -2.40. The molecule has 162 valence electrons. The van der Waals surface area contributed by atoms with E-state index in [0.29, 0.717) is 13.0 Å². The monoisotopic (exact) mass is 446 g/mol. The molecule has 0 aliphatic carbocycles. The van der Waals surface area contributed by atoms with Crippen LogP contribution in [0.3, 0.4) is 0 Å². The largest absolute Gasteiger partial charge is 0.497 e. The maximum Gasteiger partial charge on any atom is 0.220 e. The third-order valence-corrected chi connectivity index (χ3v) is 6.81. The molecule has 1 N–H and O–H groups in total. The van der Waals surface area contributed by atoms with Crippen LogP contribution >= 0.6 is 23.4 Å². The Kier molecular flexibility index (Phi) is 9.37. The minimum Gasteiger partial charge on any atom is -0.497 e. The van der Waals surface area contributed by atoms with Gasteiger partial charge in [0.2, 0.25) is 5.91 Å². The lowest BCUT2D eigenvalue weighted by Gasteiger charge is -2.35. The molecular weight excluding hydrogens is 416 g/mol. The van der Waals surface area contributed by atoms with Gasteiger partial charge in [-0.1, -0.05) is 30.2 Å². The maximum absolute atomic E-state index is 12.4. The van der Waals surface area contributed by atoms with Crippen molar-refractivity contribution < 1.29 is 9.53 Å². The molecule has 1 fully saturated rings. The number of piperidine rings is 1. The molecule has 1 saturated heterocycles. The normalized spacial score (nSPS) is 15.5. The van der Waals surface area contributed by atoms with Crippen molar-refractivity contribution in [2.24, 2.45) is 0 Å². The van der Waals surface area contributed by atoms with Gasteiger partial charge in [-0.15, -0.1) is 11.8 Å². The van der Waals surface area contributed by atoms with Crippen molar-refractivity contribution in [1.29, 1.82) is 0 Å². The predicted octanol–water partition coefficient (Wildman–Crippen LogP) is 5.56. The highest BCUT2D eigenvalue weighted by Gasteiger charge is 2.22. The quantitative estimate of drug-likeness (QED) is 0.383. The number of amides is 1. The summed E-state index contributed by atoms with van der Waals surface area (Å²) in [5, 5.41) is 3.92. The highest BCUT2D eigenvalue weighted by atomic mass is 35.5. The standard InChI is InChI=1S/C24H31ClN2O2S/c1-29-21-11-7-19(8-12-21)23(27-15-3-2-4-16-27)18-26-24(28)6-5-17-30-22-13-9-20(25)10-14-22/h7-14,23H,2-6,15-18H2,1H3,(H,26,28)/t23-/m1/s1. The van der Waals surface area contributed by atoms with E-state index in [1.54, 1.807) is 18.9 Å². The average molecular weight is 447 g/mol. The smallest absolute Gasteiger partial charge is 0.220 e. The minimum absolute atomic E-state index is 0.127. The van der Waals surface area contributed by atoms with Crippen LogP contribution in [-0.2, 0) is 4.79 Å². The van der Waals surface area contributed by atoms with Gasteiger partial charge in [0.1, 0.15) is 5.75 Å². The number of methoxy groups -OCH3 is 1. The van der Waals surface area contributed by atoms with Crippen LogP contribution in [0.2, 0.25) is 5.02 Å². The SMILES string of the molecule is COc1ccc([C@@H](CNC(=O)CCCSc2ccc(Cl)cc2)N2CCCCC2)cc1. The first-order chi connectivity index (χ1) is 14.7. The zero-order chi connectivity index (χ0) is 21.2. The second kappa shape index (κ2) is 12.2. The van der Waals surface area contributed by atoms with E-state index in [1.807, 2.05) is 36.4 Å². The second-order valence-corrected chi connectivity index (χ2v) is 9.20. The first-order valence-electron chi connectivity index (χ1n) is 10.7. The Balaban J connectivity index is 1.47. The van der Waals surface area contributed by atoms with E-state index in [4.69, 9.17) is 16.3 Å². The van der Waals surface area contributed by atoms with Gasteiger partial charge in [0.15, 0.2) is 0 Å². The van der Waals surface area contributed by atoms with E-state index in [2.05, 4.69) is 22.3 Å². The van der Waals surface area contributed by atoms with Crippen molar-refractivity contribution in [1.82, 2.24) is 10.2 Å². The van der Waals surface area contributed by atoms with Crippen LogP contribution in [-0.4, -0.2) is 43.3 Å². The Labute approximate surface area is 189 Å². The van der Waals surface area contributed by atoms with Gasteiger partial charge in [-0.25, -0.2) is 0 Å². The van der Waals surface area contributed by atoms with Crippen molar-refractivity contribution >= 4 is 29.3 Å². The van der Waals surface area contributed by atoms with E-state index >= 15 is 0 Å². The molecule has 2 aromatic carbocycles. The Bertz CT molecular complexity index is 777. The molecule has 0 saturated carbocycles.